The Morgan fingerprint density at radius 3 is 2.79 bits per heavy atom. The van der Waals surface area contributed by atoms with Gasteiger partial charge in [-0.1, -0.05) is 17.7 Å². The highest BCUT2D eigenvalue weighted by Gasteiger charge is 2.18. The summed E-state index contributed by atoms with van der Waals surface area (Å²) >= 11 is 0. The third-order valence-corrected chi connectivity index (χ3v) is 2.60. The Morgan fingerprint density at radius 1 is 1.36 bits per heavy atom. The molecule has 1 atom stereocenters. The summed E-state index contributed by atoms with van der Waals surface area (Å²) in [6.45, 7) is 5.59. The summed E-state index contributed by atoms with van der Waals surface area (Å²) in [5, 5.41) is 0. The fraction of sp³-hybridized carbons (Fsp3) is 0.455. The molecule has 0 spiro atoms. The summed E-state index contributed by atoms with van der Waals surface area (Å²) in [6.07, 6.45) is 0. The lowest BCUT2D eigenvalue weighted by molar-refractivity contribution is 0.0919. The second kappa shape index (κ2) is 4.30. The van der Waals surface area contributed by atoms with Crippen molar-refractivity contribution in [3.05, 3.63) is 34.4 Å². The van der Waals surface area contributed by atoms with Crippen LogP contribution in [0.5, 0.6) is 0 Å². The molecule has 0 aromatic heterocycles. The molecule has 2 N–H and O–H groups in total. The Morgan fingerprint density at radius 2 is 2.07 bits per heavy atom. The summed E-state index contributed by atoms with van der Waals surface area (Å²) in [5.74, 6) is 0. The number of ether oxygens (including phenoxy) is 1. The minimum atomic E-state index is 0. The number of nitrogens with two attached hydrogens (primary N) is 1. The molecule has 1 unspecified atom stereocenters. The monoisotopic (exact) mass is 213 g/mol. The lowest BCUT2D eigenvalue weighted by Crippen LogP contribution is -2.24. The number of hydrogen-bond donors (Lipinski definition) is 1. The van der Waals surface area contributed by atoms with Gasteiger partial charge in [-0.15, -0.1) is 12.4 Å². The number of halogens is 1. The molecule has 2 nitrogen and oxygen atoms in total. The molecular formula is C11H16ClNO. The van der Waals surface area contributed by atoms with Gasteiger partial charge >= 0.3 is 0 Å². The highest BCUT2D eigenvalue weighted by molar-refractivity contribution is 5.85. The molecule has 0 amide bonds. The maximum Gasteiger partial charge on any atom is 0.0723 e. The van der Waals surface area contributed by atoms with Gasteiger partial charge in [-0.25, -0.2) is 0 Å². The van der Waals surface area contributed by atoms with Crippen LogP contribution in [0.15, 0.2) is 12.1 Å². The fourth-order valence-corrected chi connectivity index (χ4v) is 1.94. The summed E-state index contributed by atoms with van der Waals surface area (Å²) in [7, 11) is 0. The van der Waals surface area contributed by atoms with E-state index in [1.165, 1.54) is 22.3 Å². The summed E-state index contributed by atoms with van der Waals surface area (Å²) in [4.78, 5) is 0. The lowest BCUT2D eigenvalue weighted by atomic mass is 9.93. The third-order valence-electron chi connectivity index (χ3n) is 2.60. The standard InChI is InChI=1S/C11H15NO.ClH/c1-7-3-8(2)10-5-13-6-11(12)9(10)4-7;/h3-4,11H,5-6,12H2,1-2H3;1H. The van der Waals surface area contributed by atoms with E-state index in [2.05, 4.69) is 26.0 Å². The van der Waals surface area contributed by atoms with Crippen molar-refractivity contribution >= 4 is 12.4 Å². The molecule has 1 aromatic rings. The molecule has 2 rings (SSSR count). The zero-order valence-corrected chi connectivity index (χ0v) is 9.36. The molecule has 0 bridgehead atoms. The Hall–Kier alpha value is -0.570. The van der Waals surface area contributed by atoms with Gasteiger partial charge in [0.1, 0.15) is 0 Å². The van der Waals surface area contributed by atoms with Crippen molar-refractivity contribution in [2.24, 2.45) is 5.73 Å². The Balaban J connectivity index is 0.000000980. The van der Waals surface area contributed by atoms with Crippen molar-refractivity contribution < 1.29 is 4.74 Å². The molecule has 1 aliphatic rings. The van der Waals surface area contributed by atoms with Gasteiger partial charge in [0.05, 0.1) is 19.3 Å². The van der Waals surface area contributed by atoms with Crippen molar-refractivity contribution in [1.29, 1.82) is 0 Å². The number of rotatable bonds is 0. The predicted octanol–water partition coefficient (Wildman–Crippen LogP) is 2.26. The van der Waals surface area contributed by atoms with Crippen LogP contribution in [0.3, 0.4) is 0 Å². The zero-order valence-electron chi connectivity index (χ0n) is 8.54. The van der Waals surface area contributed by atoms with E-state index in [0.29, 0.717) is 6.61 Å². The van der Waals surface area contributed by atoms with E-state index in [9.17, 15) is 0 Å². The van der Waals surface area contributed by atoms with Gasteiger partial charge in [0.25, 0.3) is 0 Å². The largest absolute Gasteiger partial charge is 0.375 e. The first kappa shape index (κ1) is 11.5. The summed E-state index contributed by atoms with van der Waals surface area (Å²) in [6, 6.07) is 4.41. The second-order valence-electron chi connectivity index (χ2n) is 3.77. The highest BCUT2D eigenvalue weighted by Crippen LogP contribution is 2.26. The van der Waals surface area contributed by atoms with Crippen LogP contribution < -0.4 is 5.73 Å². The third kappa shape index (κ3) is 1.92. The Labute approximate surface area is 90.9 Å². The molecule has 0 fully saturated rings. The van der Waals surface area contributed by atoms with Crippen molar-refractivity contribution in [2.75, 3.05) is 6.61 Å². The van der Waals surface area contributed by atoms with E-state index in [1.807, 2.05) is 0 Å². The van der Waals surface area contributed by atoms with Crippen LogP contribution in [0, 0.1) is 13.8 Å². The van der Waals surface area contributed by atoms with Crippen molar-refractivity contribution in [2.45, 2.75) is 26.5 Å². The van der Waals surface area contributed by atoms with Crippen LogP contribution in [0.25, 0.3) is 0 Å². The number of benzene rings is 1. The van der Waals surface area contributed by atoms with Gasteiger partial charge in [-0.3, -0.25) is 0 Å². The van der Waals surface area contributed by atoms with Gasteiger partial charge < -0.3 is 10.5 Å². The second-order valence-corrected chi connectivity index (χ2v) is 3.77. The van der Waals surface area contributed by atoms with E-state index >= 15 is 0 Å². The SMILES string of the molecule is Cc1cc(C)c2c(c1)C(N)COC2.Cl. The van der Waals surface area contributed by atoms with Crippen molar-refractivity contribution in [3.63, 3.8) is 0 Å². The van der Waals surface area contributed by atoms with E-state index < -0.39 is 0 Å². The molecule has 0 saturated heterocycles. The Bertz CT molecular complexity index is 338. The first-order valence-corrected chi connectivity index (χ1v) is 4.62. The molecular weight excluding hydrogens is 198 g/mol. The van der Waals surface area contributed by atoms with E-state index in [-0.39, 0.29) is 18.4 Å². The molecule has 0 radical (unpaired) electrons. The maximum atomic E-state index is 5.96. The van der Waals surface area contributed by atoms with Crippen molar-refractivity contribution in [3.8, 4) is 0 Å². The first-order valence-electron chi connectivity index (χ1n) is 4.62. The van der Waals surface area contributed by atoms with Crippen LogP contribution in [0.2, 0.25) is 0 Å². The average molecular weight is 214 g/mol. The van der Waals surface area contributed by atoms with E-state index in [1.54, 1.807) is 0 Å². The fourth-order valence-electron chi connectivity index (χ4n) is 1.94. The van der Waals surface area contributed by atoms with E-state index in [0.717, 1.165) is 6.61 Å². The van der Waals surface area contributed by atoms with Crippen LogP contribution in [0.4, 0.5) is 0 Å². The lowest BCUT2D eigenvalue weighted by Gasteiger charge is -2.24. The highest BCUT2D eigenvalue weighted by atomic mass is 35.5. The molecule has 1 heterocycles. The number of aryl methyl sites for hydroxylation is 2. The van der Waals surface area contributed by atoms with Crippen LogP contribution in [-0.2, 0) is 11.3 Å². The number of hydrogen-bond acceptors (Lipinski definition) is 2. The van der Waals surface area contributed by atoms with Crippen LogP contribution in [0.1, 0.15) is 28.3 Å². The summed E-state index contributed by atoms with van der Waals surface area (Å²) in [5.41, 5.74) is 11.1. The van der Waals surface area contributed by atoms with Gasteiger partial charge in [-0.2, -0.15) is 0 Å². The topological polar surface area (TPSA) is 35.2 Å². The van der Waals surface area contributed by atoms with Gasteiger partial charge in [0.15, 0.2) is 0 Å². The molecule has 0 aliphatic carbocycles. The molecule has 14 heavy (non-hydrogen) atoms. The maximum absolute atomic E-state index is 5.96. The zero-order chi connectivity index (χ0) is 9.42. The number of fused-ring (bicyclic) bond motifs is 1. The van der Waals surface area contributed by atoms with Gasteiger partial charge in [-0.05, 0) is 30.5 Å². The molecule has 78 valence electrons. The van der Waals surface area contributed by atoms with Gasteiger partial charge in [0, 0.05) is 0 Å². The average Bonchev–Trinajstić information content (AvgIpc) is 2.07. The molecule has 0 saturated carbocycles. The van der Waals surface area contributed by atoms with Crippen LogP contribution >= 0.6 is 12.4 Å². The van der Waals surface area contributed by atoms with Crippen LogP contribution in [-0.4, -0.2) is 6.61 Å². The Kier molecular flexibility index (Phi) is 3.53. The normalized spacial score (nSPS) is 19.8. The smallest absolute Gasteiger partial charge is 0.0723 e. The molecule has 1 aliphatic heterocycles. The van der Waals surface area contributed by atoms with Gasteiger partial charge in [0.2, 0.25) is 0 Å². The minimum Gasteiger partial charge on any atom is -0.375 e. The van der Waals surface area contributed by atoms with E-state index in [4.69, 9.17) is 10.5 Å². The quantitative estimate of drug-likeness (QED) is 0.718. The predicted molar refractivity (Wildman–Crippen MR) is 59.7 cm³/mol. The minimum absolute atomic E-state index is 0. The summed E-state index contributed by atoms with van der Waals surface area (Å²) < 4.78 is 5.40. The molecule has 1 aromatic carbocycles. The van der Waals surface area contributed by atoms with Crippen molar-refractivity contribution in [1.82, 2.24) is 0 Å². The first-order chi connectivity index (χ1) is 6.18. The molecule has 3 heteroatoms.